The molecule has 2 aromatic carbocycles. The number of nitrogens with zero attached hydrogens (tertiary/aromatic N) is 2. The first-order valence-corrected chi connectivity index (χ1v) is 7.88. The van der Waals surface area contributed by atoms with Crippen LogP contribution >= 0.6 is 0 Å². The molecule has 1 N–H and O–H groups in total. The molecule has 0 radical (unpaired) electrons. The van der Waals surface area contributed by atoms with Gasteiger partial charge >= 0.3 is 0 Å². The second-order valence-corrected chi connectivity index (χ2v) is 5.92. The molecular formula is C18H15N3O5. The average Bonchev–Trinajstić information content (AvgIpc) is 2.83. The van der Waals surface area contributed by atoms with Crippen LogP contribution in [0.25, 0.3) is 0 Å². The number of nitro groups is 1. The van der Waals surface area contributed by atoms with Crippen molar-refractivity contribution < 1.29 is 19.3 Å². The molecule has 0 spiro atoms. The van der Waals surface area contributed by atoms with Gasteiger partial charge in [0.1, 0.15) is 0 Å². The highest BCUT2D eigenvalue weighted by atomic mass is 16.6. The minimum atomic E-state index is -0.629. The van der Waals surface area contributed by atoms with Crippen LogP contribution in [0.4, 0.5) is 11.4 Å². The third-order valence-corrected chi connectivity index (χ3v) is 4.03. The van der Waals surface area contributed by atoms with E-state index in [4.69, 9.17) is 0 Å². The van der Waals surface area contributed by atoms with Gasteiger partial charge in [0.25, 0.3) is 17.5 Å². The Morgan fingerprint density at radius 2 is 1.85 bits per heavy atom. The standard InChI is InChI=1S/C18H15N3O5/c1-11-3-2-4-12(9-11)19-16(22)7-8-20-17(23)14-6-5-13(21(25)26)10-15(14)18(20)24/h2-6,9-10H,7-8H2,1H3,(H,19,22). The van der Waals surface area contributed by atoms with Gasteiger partial charge in [-0.05, 0) is 30.7 Å². The van der Waals surface area contributed by atoms with Gasteiger partial charge in [0.15, 0.2) is 0 Å². The second-order valence-electron chi connectivity index (χ2n) is 5.92. The summed E-state index contributed by atoms with van der Waals surface area (Å²) in [7, 11) is 0. The van der Waals surface area contributed by atoms with Gasteiger partial charge in [-0.15, -0.1) is 0 Å². The predicted molar refractivity (Wildman–Crippen MR) is 92.9 cm³/mol. The number of anilines is 1. The molecule has 8 nitrogen and oxygen atoms in total. The molecule has 132 valence electrons. The van der Waals surface area contributed by atoms with E-state index in [-0.39, 0.29) is 35.7 Å². The van der Waals surface area contributed by atoms with Crippen LogP contribution in [0.3, 0.4) is 0 Å². The van der Waals surface area contributed by atoms with Gasteiger partial charge in [-0.25, -0.2) is 0 Å². The summed E-state index contributed by atoms with van der Waals surface area (Å²) in [5.41, 5.74) is 1.46. The lowest BCUT2D eigenvalue weighted by molar-refractivity contribution is -0.384. The quantitative estimate of drug-likeness (QED) is 0.504. The molecule has 26 heavy (non-hydrogen) atoms. The number of carbonyl (C=O) groups excluding carboxylic acids is 3. The van der Waals surface area contributed by atoms with Crippen molar-refractivity contribution in [2.75, 3.05) is 11.9 Å². The molecule has 1 heterocycles. The summed E-state index contributed by atoms with van der Waals surface area (Å²) >= 11 is 0. The predicted octanol–water partition coefficient (Wildman–Crippen LogP) is 2.53. The highest BCUT2D eigenvalue weighted by Gasteiger charge is 2.36. The summed E-state index contributed by atoms with van der Waals surface area (Å²) in [6.07, 6.45) is -0.0680. The number of rotatable bonds is 5. The number of non-ortho nitro benzene ring substituents is 1. The Morgan fingerprint density at radius 1 is 1.12 bits per heavy atom. The Hall–Kier alpha value is -3.55. The first-order valence-electron chi connectivity index (χ1n) is 7.88. The third kappa shape index (κ3) is 3.30. The van der Waals surface area contributed by atoms with E-state index >= 15 is 0 Å². The molecule has 0 aliphatic carbocycles. The van der Waals surface area contributed by atoms with Gasteiger partial charge in [-0.2, -0.15) is 0 Å². The van der Waals surface area contributed by atoms with E-state index in [9.17, 15) is 24.5 Å². The maximum atomic E-state index is 12.3. The van der Waals surface area contributed by atoms with Crippen LogP contribution in [-0.2, 0) is 4.79 Å². The normalized spacial score (nSPS) is 12.9. The first kappa shape index (κ1) is 17.3. The summed E-state index contributed by atoms with van der Waals surface area (Å²) in [4.78, 5) is 47.8. The van der Waals surface area contributed by atoms with Crippen LogP contribution < -0.4 is 5.32 Å². The largest absolute Gasteiger partial charge is 0.326 e. The molecule has 1 aliphatic heterocycles. The maximum Gasteiger partial charge on any atom is 0.270 e. The topological polar surface area (TPSA) is 110 Å². The van der Waals surface area contributed by atoms with E-state index in [0.717, 1.165) is 16.5 Å². The zero-order chi connectivity index (χ0) is 18.8. The summed E-state index contributed by atoms with van der Waals surface area (Å²) in [6, 6.07) is 10.8. The number of fused-ring (bicyclic) bond motifs is 1. The van der Waals surface area contributed by atoms with Crippen molar-refractivity contribution in [3.05, 3.63) is 69.3 Å². The van der Waals surface area contributed by atoms with Crippen LogP contribution in [0.1, 0.15) is 32.7 Å². The smallest absolute Gasteiger partial charge is 0.270 e. The average molecular weight is 353 g/mol. The summed E-state index contributed by atoms with van der Waals surface area (Å²) in [5.74, 6) is -1.52. The molecular weight excluding hydrogens is 338 g/mol. The molecule has 1 aliphatic rings. The van der Waals surface area contributed by atoms with E-state index in [1.165, 1.54) is 12.1 Å². The fourth-order valence-corrected chi connectivity index (χ4v) is 2.76. The Bertz CT molecular complexity index is 938. The van der Waals surface area contributed by atoms with Crippen LogP contribution in [0, 0.1) is 17.0 Å². The Kier molecular flexibility index (Phi) is 4.49. The van der Waals surface area contributed by atoms with Crippen molar-refractivity contribution >= 4 is 29.1 Å². The number of nitro benzene ring substituents is 1. The first-order chi connectivity index (χ1) is 12.4. The van der Waals surface area contributed by atoms with Crippen molar-refractivity contribution in [2.45, 2.75) is 13.3 Å². The van der Waals surface area contributed by atoms with E-state index in [2.05, 4.69) is 5.32 Å². The number of imide groups is 1. The highest BCUT2D eigenvalue weighted by Crippen LogP contribution is 2.26. The fraction of sp³-hybridized carbons (Fsp3) is 0.167. The Morgan fingerprint density at radius 3 is 2.54 bits per heavy atom. The fourth-order valence-electron chi connectivity index (χ4n) is 2.76. The van der Waals surface area contributed by atoms with E-state index in [0.29, 0.717) is 5.69 Å². The molecule has 3 rings (SSSR count). The van der Waals surface area contributed by atoms with Gasteiger partial charge in [0, 0.05) is 30.8 Å². The van der Waals surface area contributed by atoms with Gasteiger partial charge in [-0.3, -0.25) is 29.4 Å². The number of carbonyl (C=O) groups is 3. The highest BCUT2D eigenvalue weighted by molar-refractivity contribution is 6.21. The van der Waals surface area contributed by atoms with Gasteiger partial charge < -0.3 is 5.32 Å². The van der Waals surface area contributed by atoms with Gasteiger partial charge in [-0.1, -0.05) is 12.1 Å². The number of benzene rings is 2. The van der Waals surface area contributed by atoms with E-state index < -0.39 is 16.7 Å². The number of nitrogens with one attached hydrogen (secondary N) is 1. The zero-order valence-corrected chi connectivity index (χ0v) is 13.9. The van der Waals surface area contributed by atoms with E-state index in [1.54, 1.807) is 12.1 Å². The Labute approximate surface area is 148 Å². The molecule has 0 atom stereocenters. The number of aryl methyl sites for hydroxylation is 1. The Balaban J connectivity index is 1.67. The summed E-state index contributed by atoms with van der Waals surface area (Å²) in [5, 5.41) is 13.5. The van der Waals surface area contributed by atoms with Crippen LogP contribution in [0.2, 0.25) is 0 Å². The van der Waals surface area contributed by atoms with Crippen molar-refractivity contribution in [1.29, 1.82) is 0 Å². The molecule has 0 fully saturated rings. The molecule has 2 aromatic rings. The number of hydrogen-bond acceptors (Lipinski definition) is 5. The molecule has 0 bridgehead atoms. The zero-order valence-electron chi connectivity index (χ0n) is 13.9. The SMILES string of the molecule is Cc1cccc(NC(=O)CCN2C(=O)c3ccc([N+](=O)[O-])cc3C2=O)c1. The van der Waals surface area contributed by atoms with E-state index in [1.807, 2.05) is 19.1 Å². The monoisotopic (exact) mass is 353 g/mol. The van der Waals surface area contributed by atoms with Gasteiger partial charge in [0.2, 0.25) is 5.91 Å². The minimum Gasteiger partial charge on any atom is -0.326 e. The summed E-state index contributed by atoms with van der Waals surface area (Å²) < 4.78 is 0. The maximum absolute atomic E-state index is 12.3. The van der Waals surface area contributed by atoms with Crippen molar-refractivity contribution in [1.82, 2.24) is 4.90 Å². The third-order valence-electron chi connectivity index (χ3n) is 4.03. The molecule has 0 saturated carbocycles. The van der Waals surface area contributed by atoms with Crippen LogP contribution in [0.5, 0.6) is 0 Å². The van der Waals surface area contributed by atoms with Crippen molar-refractivity contribution in [2.24, 2.45) is 0 Å². The van der Waals surface area contributed by atoms with Gasteiger partial charge in [0.05, 0.1) is 16.1 Å². The lowest BCUT2D eigenvalue weighted by atomic mass is 10.1. The lowest BCUT2D eigenvalue weighted by Crippen LogP contribution is -2.32. The van der Waals surface area contributed by atoms with Crippen LogP contribution in [-0.4, -0.2) is 34.1 Å². The molecule has 3 amide bonds. The summed E-state index contributed by atoms with van der Waals surface area (Å²) in [6.45, 7) is 1.80. The number of hydrogen-bond donors (Lipinski definition) is 1. The van der Waals surface area contributed by atoms with Crippen molar-refractivity contribution in [3.8, 4) is 0 Å². The van der Waals surface area contributed by atoms with Crippen molar-refractivity contribution in [3.63, 3.8) is 0 Å². The lowest BCUT2D eigenvalue weighted by Gasteiger charge is -2.13. The number of amides is 3. The second kappa shape index (κ2) is 6.75. The minimum absolute atomic E-state index is 0.0108. The molecule has 0 saturated heterocycles. The van der Waals surface area contributed by atoms with Crippen LogP contribution in [0.15, 0.2) is 42.5 Å². The molecule has 8 heteroatoms. The molecule has 0 aromatic heterocycles. The molecule has 0 unspecified atom stereocenters.